The molecule has 0 atom stereocenters. The average molecular weight is 471 g/mol. The van der Waals surface area contributed by atoms with Gasteiger partial charge in [0, 0.05) is 38.4 Å². The summed E-state index contributed by atoms with van der Waals surface area (Å²) < 4.78 is 2.75. The SMILES string of the molecule is CN(C)c1ncc2c(=O)c(C(=O)NCCN3CCCC3)c3sc4cc(Cl)ccc4n3c2n1. The molecule has 0 aliphatic carbocycles. The van der Waals surface area contributed by atoms with Crippen LogP contribution in [0.5, 0.6) is 0 Å². The molecule has 1 N–H and O–H groups in total. The molecule has 0 bridgehead atoms. The highest BCUT2D eigenvalue weighted by Crippen LogP contribution is 2.32. The van der Waals surface area contributed by atoms with Gasteiger partial charge in [-0.25, -0.2) is 4.98 Å². The predicted molar refractivity (Wildman–Crippen MR) is 129 cm³/mol. The van der Waals surface area contributed by atoms with E-state index in [1.807, 2.05) is 30.6 Å². The smallest absolute Gasteiger partial charge is 0.258 e. The highest BCUT2D eigenvalue weighted by atomic mass is 35.5. The number of benzene rings is 1. The van der Waals surface area contributed by atoms with Crippen molar-refractivity contribution < 1.29 is 4.79 Å². The molecule has 4 aromatic rings. The lowest BCUT2D eigenvalue weighted by atomic mass is 10.2. The molecule has 1 fully saturated rings. The summed E-state index contributed by atoms with van der Waals surface area (Å²) in [5.74, 6) is 0.116. The van der Waals surface area contributed by atoms with E-state index in [1.165, 1.54) is 30.4 Å². The molecule has 0 saturated carbocycles. The molecule has 1 aliphatic rings. The third-order valence-corrected chi connectivity index (χ3v) is 7.13. The molecular weight excluding hydrogens is 448 g/mol. The van der Waals surface area contributed by atoms with Crippen molar-refractivity contribution in [1.82, 2.24) is 24.6 Å². The zero-order valence-electron chi connectivity index (χ0n) is 17.9. The minimum Gasteiger partial charge on any atom is -0.351 e. The van der Waals surface area contributed by atoms with Crippen LogP contribution in [0.1, 0.15) is 23.2 Å². The maximum absolute atomic E-state index is 13.4. The number of fused-ring (bicyclic) bond motifs is 5. The van der Waals surface area contributed by atoms with Gasteiger partial charge in [0.25, 0.3) is 5.91 Å². The third-order valence-electron chi connectivity index (χ3n) is 5.77. The number of amides is 1. The van der Waals surface area contributed by atoms with Crippen LogP contribution in [-0.4, -0.2) is 65.5 Å². The maximum atomic E-state index is 13.4. The number of likely N-dealkylation sites (tertiary alicyclic amines) is 1. The Morgan fingerprint density at radius 3 is 2.81 bits per heavy atom. The zero-order valence-corrected chi connectivity index (χ0v) is 19.5. The van der Waals surface area contributed by atoms with E-state index < -0.39 is 0 Å². The third kappa shape index (κ3) is 3.60. The summed E-state index contributed by atoms with van der Waals surface area (Å²) >= 11 is 7.58. The number of nitrogens with zero attached hydrogens (tertiary/aromatic N) is 5. The van der Waals surface area contributed by atoms with Crippen LogP contribution in [0.25, 0.3) is 26.1 Å². The van der Waals surface area contributed by atoms with Crippen LogP contribution in [0.2, 0.25) is 5.02 Å². The van der Waals surface area contributed by atoms with Crippen LogP contribution >= 0.6 is 22.9 Å². The van der Waals surface area contributed by atoms with Crippen molar-refractivity contribution in [1.29, 1.82) is 0 Å². The van der Waals surface area contributed by atoms with E-state index in [0.717, 1.165) is 29.9 Å². The number of hydrogen-bond donors (Lipinski definition) is 1. The lowest BCUT2D eigenvalue weighted by Crippen LogP contribution is -2.35. The lowest BCUT2D eigenvalue weighted by molar-refractivity contribution is 0.0950. The number of rotatable bonds is 5. The first-order valence-electron chi connectivity index (χ1n) is 10.6. The summed E-state index contributed by atoms with van der Waals surface area (Å²) in [6.07, 6.45) is 3.90. The topological polar surface area (TPSA) is 82.8 Å². The van der Waals surface area contributed by atoms with Crippen LogP contribution in [-0.2, 0) is 0 Å². The number of halogens is 1. The minimum absolute atomic E-state index is 0.123. The summed E-state index contributed by atoms with van der Waals surface area (Å²) in [6, 6.07) is 5.52. The number of thiazole rings is 1. The molecule has 1 aromatic carbocycles. The number of carbonyl (C=O) groups is 1. The first kappa shape index (κ1) is 21.1. The van der Waals surface area contributed by atoms with Gasteiger partial charge in [0.15, 0.2) is 5.65 Å². The number of nitrogens with one attached hydrogen (secondary N) is 1. The van der Waals surface area contributed by atoms with Crippen LogP contribution in [0.4, 0.5) is 5.95 Å². The van der Waals surface area contributed by atoms with Gasteiger partial charge in [0.05, 0.1) is 15.6 Å². The molecule has 4 heterocycles. The fourth-order valence-corrected chi connectivity index (χ4v) is 5.61. The highest BCUT2D eigenvalue weighted by molar-refractivity contribution is 7.24. The normalized spacial score (nSPS) is 14.6. The van der Waals surface area contributed by atoms with Crippen LogP contribution < -0.4 is 15.6 Å². The molecule has 5 rings (SSSR count). The van der Waals surface area contributed by atoms with Gasteiger partial charge in [-0.1, -0.05) is 11.6 Å². The molecule has 0 spiro atoms. The summed E-state index contributed by atoms with van der Waals surface area (Å²) in [4.78, 5) is 40.2. The predicted octanol–water partition coefficient (Wildman–Crippen LogP) is 3.00. The molecule has 32 heavy (non-hydrogen) atoms. The summed E-state index contributed by atoms with van der Waals surface area (Å²) in [5, 5.41) is 3.85. The summed E-state index contributed by atoms with van der Waals surface area (Å²) in [7, 11) is 3.68. The van der Waals surface area contributed by atoms with Crippen molar-refractivity contribution in [3.63, 3.8) is 0 Å². The number of pyridine rings is 1. The van der Waals surface area contributed by atoms with E-state index in [9.17, 15) is 9.59 Å². The van der Waals surface area contributed by atoms with Crippen molar-refractivity contribution in [2.75, 3.05) is 45.2 Å². The molecule has 0 unspecified atom stereocenters. The van der Waals surface area contributed by atoms with Gasteiger partial charge in [-0.3, -0.25) is 14.0 Å². The summed E-state index contributed by atoms with van der Waals surface area (Å²) in [5.41, 5.74) is 1.08. The molecule has 0 radical (unpaired) electrons. The molecule has 10 heteroatoms. The Labute approximate surface area is 193 Å². The van der Waals surface area contributed by atoms with Crippen molar-refractivity contribution in [2.45, 2.75) is 12.8 Å². The largest absolute Gasteiger partial charge is 0.351 e. The summed E-state index contributed by atoms with van der Waals surface area (Å²) in [6.45, 7) is 3.39. The molecule has 3 aromatic heterocycles. The second-order valence-corrected chi connectivity index (χ2v) is 9.63. The van der Waals surface area contributed by atoms with Gasteiger partial charge in [-0.05, 0) is 44.1 Å². The quantitative estimate of drug-likeness (QED) is 0.483. The fourth-order valence-electron chi connectivity index (χ4n) is 4.15. The molecular formula is C22H23ClN6O2S. The van der Waals surface area contributed by atoms with Crippen molar-refractivity contribution in [3.8, 4) is 0 Å². The van der Waals surface area contributed by atoms with Gasteiger partial charge >= 0.3 is 0 Å². The van der Waals surface area contributed by atoms with Crippen molar-refractivity contribution in [3.05, 3.63) is 45.2 Å². The lowest BCUT2D eigenvalue weighted by Gasteiger charge is -2.15. The standard InChI is InChI=1S/C22H23ClN6O2S/c1-27(2)22-25-12-14-18(30)17(20(31)24-7-10-28-8-3-4-9-28)21-29(19(14)26-22)15-6-5-13(23)11-16(15)32-21/h5-6,11-12H,3-4,7-10H2,1-2H3,(H,24,31). The van der Waals surface area contributed by atoms with E-state index in [-0.39, 0.29) is 16.9 Å². The van der Waals surface area contributed by atoms with Crippen LogP contribution in [0, 0.1) is 0 Å². The molecule has 166 valence electrons. The number of hydrogen-bond acceptors (Lipinski definition) is 7. The Kier molecular flexibility index (Phi) is 5.48. The second-order valence-electron chi connectivity index (χ2n) is 8.17. The van der Waals surface area contributed by atoms with E-state index >= 15 is 0 Å². The molecule has 1 aliphatic heterocycles. The van der Waals surface area contributed by atoms with Gasteiger partial charge in [-0.2, -0.15) is 4.98 Å². The Balaban J connectivity index is 1.68. The Morgan fingerprint density at radius 2 is 2.06 bits per heavy atom. The molecule has 1 amide bonds. The van der Waals surface area contributed by atoms with Crippen LogP contribution in [0.3, 0.4) is 0 Å². The fraction of sp³-hybridized carbons (Fsp3) is 0.364. The number of aromatic nitrogens is 3. The van der Waals surface area contributed by atoms with E-state index in [2.05, 4.69) is 20.2 Å². The zero-order chi connectivity index (χ0) is 22.4. The van der Waals surface area contributed by atoms with E-state index in [4.69, 9.17) is 11.6 Å². The van der Waals surface area contributed by atoms with E-state index in [0.29, 0.717) is 33.4 Å². The highest BCUT2D eigenvalue weighted by Gasteiger charge is 2.23. The van der Waals surface area contributed by atoms with Gasteiger partial charge in [-0.15, -0.1) is 11.3 Å². The van der Waals surface area contributed by atoms with Gasteiger partial charge < -0.3 is 15.1 Å². The molecule has 8 nitrogen and oxygen atoms in total. The Hall–Kier alpha value is -2.75. The Morgan fingerprint density at radius 1 is 1.28 bits per heavy atom. The van der Waals surface area contributed by atoms with Crippen molar-refractivity contribution >= 4 is 60.9 Å². The monoisotopic (exact) mass is 470 g/mol. The second kappa shape index (κ2) is 8.31. The number of anilines is 1. The van der Waals surface area contributed by atoms with Crippen molar-refractivity contribution in [2.24, 2.45) is 0 Å². The van der Waals surface area contributed by atoms with Gasteiger partial charge in [0.2, 0.25) is 11.4 Å². The van der Waals surface area contributed by atoms with Gasteiger partial charge in [0.1, 0.15) is 10.4 Å². The Bertz CT molecular complexity index is 1410. The maximum Gasteiger partial charge on any atom is 0.258 e. The first-order valence-corrected chi connectivity index (χ1v) is 11.7. The van der Waals surface area contributed by atoms with Crippen LogP contribution in [0.15, 0.2) is 29.2 Å². The molecule has 1 saturated heterocycles. The number of carbonyl (C=O) groups excluding carboxylic acids is 1. The minimum atomic E-state index is -0.372. The average Bonchev–Trinajstić information content (AvgIpc) is 3.40. The van der Waals surface area contributed by atoms with E-state index in [1.54, 1.807) is 11.0 Å². The first-order chi connectivity index (χ1) is 15.4.